The molecule has 0 radical (unpaired) electrons. The van der Waals surface area contributed by atoms with Gasteiger partial charge >= 0.3 is 0 Å². The van der Waals surface area contributed by atoms with E-state index < -0.39 is 6.04 Å². The molecule has 3 aromatic rings. The van der Waals surface area contributed by atoms with Gasteiger partial charge in [-0.15, -0.1) is 11.3 Å². The van der Waals surface area contributed by atoms with Crippen molar-refractivity contribution < 1.29 is 4.52 Å². The van der Waals surface area contributed by atoms with Gasteiger partial charge < -0.3 is 10.3 Å². The van der Waals surface area contributed by atoms with Crippen molar-refractivity contribution in [3.63, 3.8) is 0 Å². The van der Waals surface area contributed by atoms with Crippen LogP contribution in [0.1, 0.15) is 17.5 Å². The van der Waals surface area contributed by atoms with E-state index in [4.69, 9.17) is 10.3 Å². The van der Waals surface area contributed by atoms with Crippen molar-refractivity contribution in [2.75, 3.05) is 0 Å². The minimum absolute atomic E-state index is 0.402. The van der Waals surface area contributed by atoms with Crippen LogP contribution in [-0.2, 0) is 0 Å². The second kappa shape index (κ2) is 4.67. The fourth-order valence-electron chi connectivity index (χ4n) is 1.59. The zero-order valence-corrected chi connectivity index (χ0v) is 10.2. The Balaban J connectivity index is 1.90. The molecular formula is C12H10N4OS. The Kier molecular flexibility index (Phi) is 2.87. The summed E-state index contributed by atoms with van der Waals surface area (Å²) in [7, 11) is 0. The Morgan fingerprint density at radius 2 is 2.06 bits per heavy atom. The Morgan fingerprint density at radius 3 is 2.78 bits per heavy atom. The van der Waals surface area contributed by atoms with Crippen molar-refractivity contribution in [3.05, 3.63) is 53.5 Å². The molecule has 2 heterocycles. The van der Waals surface area contributed by atoms with Gasteiger partial charge in [0.25, 0.3) is 0 Å². The van der Waals surface area contributed by atoms with Crippen LogP contribution in [0.2, 0.25) is 0 Å². The maximum absolute atomic E-state index is 6.07. The van der Waals surface area contributed by atoms with Gasteiger partial charge in [0.2, 0.25) is 11.7 Å². The zero-order chi connectivity index (χ0) is 12.4. The summed E-state index contributed by atoms with van der Waals surface area (Å²) in [5.41, 5.74) is 8.74. The number of nitrogens with zero attached hydrogens (tertiary/aromatic N) is 3. The van der Waals surface area contributed by atoms with Crippen molar-refractivity contribution in [2.45, 2.75) is 6.04 Å². The first kappa shape index (κ1) is 11.1. The summed E-state index contributed by atoms with van der Waals surface area (Å²) in [6.45, 7) is 0. The molecule has 0 aliphatic carbocycles. The number of benzene rings is 1. The Morgan fingerprint density at radius 1 is 1.22 bits per heavy atom. The van der Waals surface area contributed by atoms with Gasteiger partial charge in [-0.25, -0.2) is 0 Å². The van der Waals surface area contributed by atoms with Gasteiger partial charge in [0.15, 0.2) is 0 Å². The molecule has 2 aromatic heterocycles. The molecule has 0 aliphatic heterocycles. The summed E-state index contributed by atoms with van der Waals surface area (Å²) in [6.07, 6.45) is 1.70. The highest BCUT2D eigenvalue weighted by Crippen LogP contribution is 2.23. The van der Waals surface area contributed by atoms with Crippen molar-refractivity contribution in [2.24, 2.45) is 5.73 Å². The van der Waals surface area contributed by atoms with E-state index in [1.165, 1.54) is 11.3 Å². The van der Waals surface area contributed by atoms with Gasteiger partial charge in [-0.3, -0.25) is 4.98 Å². The van der Waals surface area contributed by atoms with E-state index in [9.17, 15) is 0 Å². The summed E-state index contributed by atoms with van der Waals surface area (Å²) >= 11 is 1.46. The standard InChI is InChI=1S/C12H10N4OS/c13-10(8-4-2-1-3-5-8)12-15-11(16-17-12)9-6-14-7-18-9/h1-7,10H,13H2. The third-order valence-electron chi connectivity index (χ3n) is 2.52. The molecule has 0 bridgehead atoms. The van der Waals surface area contributed by atoms with E-state index in [0.717, 1.165) is 10.4 Å². The number of hydrogen-bond acceptors (Lipinski definition) is 6. The summed E-state index contributed by atoms with van der Waals surface area (Å²) < 4.78 is 5.20. The van der Waals surface area contributed by atoms with E-state index in [1.54, 1.807) is 11.7 Å². The zero-order valence-electron chi connectivity index (χ0n) is 9.35. The van der Waals surface area contributed by atoms with Crippen LogP contribution >= 0.6 is 11.3 Å². The Labute approximate surface area is 107 Å². The highest BCUT2D eigenvalue weighted by Gasteiger charge is 2.17. The quantitative estimate of drug-likeness (QED) is 0.779. The molecule has 5 nitrogen and oxygen atoms in total. The molecule has 0 fully saturated rings. The van der Waals surface area contributed by atoms with Gasteiger partial charge in [-0.05, 0) is 5.56 Å². The minimum Gasteiger partial charge on any atom is -0.337 e. The van der Waals surface area contributed by atoms with Crippen LogP contribution in [0.25, 0.3) is 10.7 Å². The minimum atomic E-state index is -0.402. The van der Waals surface area contributed by atoms with Crippen molar-refractivity contribution in [3.8, 4) is 10.7 Å². The fourth-order valence-corrected chi connectivity index (χ4v) is 2.14. The molecule has 3 rings (SSSR count). The SMILES string of the molecule is NC(c1ccccc1)c1nc(-c2cncs2)no1. The van der Waals surface area contributed by atoms with Gasteiger partial charge in [-0.1, -0.05) is 35.5 Å². The molecule has 0 spiro atoms. The Hall–Kier alpha value is -2.05. The molecule has 1 unspecified atom stereocenters. The average Bonchev–Trinajstić information content (AvgIpc) is 3.09. The van der Waals surface area contributed by atoms with Crippen molar-refractivity contribution >= 4 is 11.3 Å². The van der Waals surface area contributed by atoms with E-state index >= 15 is 0 Å². The predicted octanol–water partition coefficient (Wildman–Crippen LogP) is 2.24. The number of hydrogen-bond donors (Lipinski definition) is 1. The molecule has 1 atom stereocenters. The molecule has 18 heavy (non-hydrogen) atoms. The molecule has 1 aromatic carbocycles. The topological polar surface area (TPSA) is 77.8 Å². The monoisotopic (exact) mass is 258 g/mol. The first-order valence-electron chi connectivity index (χ1n) is 5.37. The predicted molar refractivity (Wildman–Crippen MR) is 67.9 cm³/mol. The lowest BCUT2D eigenvalue weighted by molar-refractivity contribution is 0.367. The smallest absolute Gasteiger partial charge is 0.248 e. The van der Waals surface area contributed by atoms with E-state index in [0.29, 0.717) is 11.7 Å². The number of nitrogens with two attached hydrogens (primary N) is 1. The van der Waals surface area contributed by atoms with Crippen LogP contribution in [0.3, 0.4) is 0 Å². The molecule has 0 saturated carbocycles. The van der Waals surface area contributed by atoms with Crippen LogP contribution in [-0.4, -0.2) is 15.1 Å². The fraction of sp³-hybridized carbons (Fsp3) is 0.0833. The van der Waals surface area contributed by atoms with Crippen LogP contribution < -0.4 is 5.73 Å². The van der Waals surface area contributed by atoms with Gasteiger partial charge in [0, 0.05) is 6.20 Å². The summed E-state index contributed by atoms with van der Waals surface area (Å²) in [4.78, 5) is 9.14. The highest BCUT2D eigenvalue weighted by atomic mass is 32.1. The molecule has 2 N–H and O–H groups in total. The third kappa shape index (κ3) is 2.03. The molecular weight excluding hydrogens is 248 g/mol. The Bertz CT molecular complexity index is 621. The van der Waals surface area contributed by atoms with E-state index in [2.05, 4.69) is 15.1 Å². The lowest BCUT2D eigenvalue weighted by atomic mass is 10.1. The van der Waals surface area contributed by atoms with E-state index in [1.807, 2.05) is 30.3 Å². The first-order valence-corrected chi connectivity index (χ1v) is 6.25. The molecule has 0 saturated heterocycles. The normalized spacial score (nSPS) is 12.5. The van der Waals surface area contributed by atoms with Crippen LogP contribution in [0.5, 0.6) is 0 Å². The second-order valence-corrected chi connectivity index (χ2v) is 4.60. The number of aromatic nitrogens is 3. The maximum atomic E-state index is 6.07. The maximum Gasteiger partial charge on any atom is 0.248 e. The average molecular weight is 258 g/mol. The van der Waals surface area contributed by atoms with Gasteiger partial charge in [0.1, 0.15) is 6.04 Å². The second-order valence-electron chi connectivity index (χ2n) is 3.71. The molecule has 6 heteroatoms. The molecule has 90 valence electrons. The summed E-state index contributed by atoms with van der Waals surface area (Å²) in [5.74, 6) is 0.934. The molecule has 0 amide bonds. The van der Waals surface area contributed by atoms with Crippen molar-refractivity contribution in [1.29, 1.82) is 0 Å². The highest BCUT2D eigenvalue weighted by molar-refractivity contribution is 7.13. The van der Waals surface area contributed by atoms with Crippen LogP contribution in [0, 0.1) is 0 Å². The number of thiazole rings is 1. The largest absolute Gasteiger partial charge is 0.337 e. The summed E-state index contributed by atoms with van der Waals surface area (Å²) in [5, 5.41) is 3.91. The van der Waals surface area contributed by atoms with E-state index in [-0.39, 0.29) is 0 Å². The molecule has 0 aliphatic rings. The van der Waals surface area contributed by atoms with Crippen molar-refractivity contribution in [1.82, 2.24) is 15.1 Å². The first-order chi connectivity index (χ1) is 8.84. The van der Waals surface area contributed by atoms with Crippen LogP contribution in [0.4, 0.5) is 0 Å². The third-order valence-corrected chi connectivity index (χ3v) is 3.29. The van der Waals surface area contributed by atoms with Gasteiger partial charge in [-0.2, -0.15) is 4.98 Å². The lowest BCUT2D eigenvalue weighted by Gasteiger charge is -2.05. The van der Waals surface area contributed by atoms with Gasteiger partial charge in [0.05, 0.1) is 10.4 Å². The lowest BCUT2D eigenvalue weighted by Crippen LogP contribution is -2.11. The van der Waals surface area contributed by atoms with Crippen LogP contribution in [0.15, 0.2) is 46.6 Å². The summed E-state index contributed by atoms with van der Waals surface area (Å²) in [6, 6.07) is 9.25. The number of rotatable bonds is 3.